The zero-order valence-electron chi connectivity index (χ0n) is 18.3. The van der Waals surface area contributed by atoms with Crippen molar-refractivity contribution in [3.63, 3.8) is 0 Å². The van der Waals surface area contributed by atoms with Crippen LogP contribution in [-0.2, 0) is 13.2 Å². The van der Waals surface area contributed by atoms with Crippen molar-refractivity contribution in [2.75, 3.05) is 7.11 Å². The molecule has 0 spiro atoms. The van der Waals surface area contributed by atoms with Gasteiger partial charge in [0.1, 0.15) is 12.4 Å². The number of benzene rings is 4. The molecule has 4 aromatic rings. The van der Waals surface area contributed by atoms with Gasteiger partial charge in [0.15, 0.2) is 11.5 Å². The molecule has 0 bridgehead atoms. The maximum Gasteiger partial charge on any atom is 0.175 e. The minimum absolute atomic E-state index is 0.0616. The summed E-state index contributed by atoms with van der Waals surface area (Å²) in [5, 5.41) is 3.68. The quantitative estimate of drug-likeness (QED) is 0.264. The van der Waals surface area contributed by atoms with Crippen molar-refractivity contribution in [2.24, 2.45) is 0 Å². The largest absolute Gasteiger partial charge is 0.493 e. The zero-order valence-corrected chi connectivity index (χ0v) is 19.9. The second-order valence-electron chi connectivity index (χ2n) is 7.66. The van der Waals surface area contributed by atoms with Gasteiger partial charge in [-0.15, -0.1) is 0 Å². The first-order chi connectivity index (χ1) is 16.1. The molecule has 0 fully saturated rings. The van der Waals surface area contributed by atoms with Crippen LogP contribution in [0.15, 0.2) is 102 Å². The molecule has 0 aliphatic rings. The average Bonchev–Trinajstić information content (AvgIpc) is 2.85. The van der Waals surface area contributed by atoms with E-state index in [1.54, 1.807) is 19.2 Å². The van der Waals surface area contributed by atoms with Crippen LogP contribution in [-0.4, -0.2) is 7.11 Å². The molecule has 3 nitrogen and oxygen atoms in total. The van der Waals surface area contributed by atoms with Crippen molar-refractivity contribution in [2.45, 2.75) is 19.2 Å². The highest BCUT2D eigenvalue weighted by Crippen LogP contribution is 2.37. The van der Waals surface area contributed by atoms with Crippen molar-refractivity contribution in [3.05, 3.63) is 130 Å². The van der Waals surface area contributed by atoms with Gasteiger partial charge in [-0.1, -0.05) is 72.8 Å². The van der Waals surface area contributed by atoms with E-state index in [1.165, 1.54) is 23.3 Å². The van der Waals surface area contributed by atoms with Gasteiger partial charge < -0.3 is 14.8 Å². The second-order valence-corrected chi connectivity index (χ2v) is 8.51. The third kappa shape index (κ3) is 6.01. The van der Waals surface area contributed by atoms with Crippen molar-refractivity contribution < 1.29 is 13.9 Å². The Morgan fingerprint density at radius 3 is 2.00 bits per heavy atom. The molecule has 5 heteroatoms. The van der Waals surface area contributed by atoms with Crippen LogP contribution in [0, 0.1) is 5.82 Å². The lowest BCUT2D eigenvalue weighted by atomic mass is 9.98. The van der Waals surface area contributed by atoms with E-state index in [9.17, 15) is 4.39 Å². The predicted octanol–water partition coefficient (Wildman–Crippen LogP) is 7.06. The third-order valence-corrected chi connectivity index (χ3v) is 5.95. The molecule has 0 radical (unpaired) electrons. The van der Waals surface area contributed by atoms with Crippen LogP contribution in [0.3, 0.4) is 0 Å². The molecule has 0 amide bonds. The van der Waals surface area contributed by atoms with Crippen LogP contribution in [0.1, 0.15) is 28.3 Å². The molecule has 4 aromatic carbocycles. The standard InChI is InChI=1S/C28H25BrFNO2/c1-32-26-17-21(16-25(29)28(26)33-19-20-12-14-24(30)15-13-20)18-31-27(22-8-4-2-5-9-22)23-10-6-3-7-11-23/h2-17,27,31H,18-19H2,1H3. The highest BCUT2D eigenvalue weighted by molar-refractivity contribution is 9.10. The molecule has 0 aromatic heterocycles. The Balaban J connectivity index is 1.51. The Bertz CT molecular complexity index is 1130. The predicted molar refractivity (Wildman–Crippen MR) is 133 cm³/mol. The van der Waals surface area contributed by atoms with Gasteiger partial charge >= 0.3 is 0 Å². The molecule has 0 saturated heterocycles. The van der Waals surface area contributed by atoms with E-state index in [1.807, 2.05) is 24.3 Å². The average molecular weight is 506 g/mol. The number of rotatable bonds is 9. The van der Waals surface area contributed by atoms with Crippen LogP contribution in [0.4, 0.5) is 4.39 Å². The van der Waals surface area contributed by atoms with Crippen LogP contribution < -0.4 is 14.8 Å². The van der Waals surface area contributed by atoms with Crippen molar-refractivity contribution in [1.29, 1.82) is 0 Å². The molecular weight excluding hydrogens is 481 g/mol. The zero-order chi connectivity index (χ0) is 23.0. The fraction of sp³-hybridized carbons (Fsp3) is 0.143. The highest BCUT2D eigenvalue weighted by atomic mass is 79.9. The summed E-state index contributed by atoms with van der Waals surface area (Å²) in [7, 11) is 1.63. The van der Waals surface area contributed by atoms with Crippen LogP contribution in [0.5, 0.6) is 11.5 Å². The smallest absolute Gasteiger partial charge is 0.175 e. The van der Waals surface area contributed by atoms with E-state index in [0.717, 1.165) is 15.6 Å². The normalized spacial score (nSPS) is 10.9. The molecular formula is C28H25BrFNO2. The molecule has 0 heterocycles. The first kappa shape index (κ1) is 23.0. The number of methoxy groups -OCH3 is 1. The van der Waals surface area contributed by atoms with Crippen molar-refractivity contribution in [1.82, 2.24) is 5.32 Å². The lowest BCUT2D eigenvalue weighted by Crippen LogP contribution is -2.22. The topological polar surface area (TPSA) is 30.5 Å². The van der Waals surface area contributed by atoms with E-state index in [0.29, 0.717) is 24.7 Å². The van der Waals surface area contributed by atoms with E-state index in [-0.39, 0.29) is 11.9 Å². The Morgan fingerprint density at radius 1 is 0.818 bits per heavy atom. The van der Waals surface area contributed by atoms with Gasteiger partial charge in [0, 0.05) is 6.54 Å². The van der Waals surface area contributed by atoms with E-state index in [4.69, 9.17) is 9.47 Å². The van der Waals surface area contributed by atoms with Gasteiger partial charge in [-0.3, -0.25) is 0 Å². The minimum atomic E-state index is -0.265. The maximum absolute atomic E-state index is 13.1. The molecule has 0 atom stereocenters. The number of nitrogens with one attached hydrogen (secondary N) is 1. The molecule has 0 unspecified atom stereocenters. The van der Waals surface area contributed by atoms with Crippen LogP contribution >= 0.6 is 15.9 Å². The highest BCUT2D eigenvalue weighted by Gasteiger charge is 2.16. The van der Waals surface area contributed by atoms with Gasteiger partial charge in [0.05, 0.1) is 17.6 Å². The molecule has 0 aliphatic carbocycles. The lowest BCUT2D eigenvalue weighted by molar-refractivity contribution is 0.282. The minimum Gasteiger partial charge on any atom is -0.493 e. The Labute approximate surface area is 202 Å². The summed E-state index contributed by atoms with van der Waals surface area (Å²) in [6.07, 6.45) is 0. The van der Waals surface area contributed by atoms with Gasteiger partial charge in [0.2, 0.25) is 0 Å². The molecule has 33 heavy (non-hydrogen) atoms. The Hall–Kier alpha value is -3.15. The van der Waals surface area contributed by atoms with Crippen LogP contribution in [0.2, 0.25) is 0 Å². The summed E-state index contributed by atoms with van der Waals surface area (Å²) in [6, 6.07) is 31.1. The summed E-state index contributed by atoms with van der Waals surface area (Å²) in [5.41, 5.74) is 4.34. The second kappa shape index (κ2) is 11.1. The monoisotopic (exact) mass is 505 g/mol. The van der Waals surface area contributed by atoms with Gasteiger partial charge in [-0.2, -0.15) is 0 Å². The Morgan fingerprint density at radius 2 is 1.42 bits per heavy atom. The summed E-state index contributed by atoms with van der Waals surface area (Å²) in [4.78, 5) is 0. The Kier molecular flexibility index (Phi) is 7.76. The number of hydrogen-bond donors (Lipinski definition) is 1. The molecule has 168 valence electrons. The molecule has 0 saturated carbocycles. The first-order valence-corrected chi connectivity index (χ1v) is 11.5. The van der Waals surface area contributed by atoms with Crippen molar-refractivity contribution in [3.8, 4) is 11.5 Å². The van der Waals surface area contributed by atoms with Crippen LogP contribution in [0.25, 0.3) is 0 Å². The SMILES string of the molecule is COc1cc(CNC(c2ccccc2)c2ccccc2)cc(Br)c1OCc1ccc(F)cc1. The fourth-order valence-electron chi connectivity index (χ4n) is 3.69. The number of ether oxygens (including phenoxy) is 2. The van der Waals surface area contributed by atoms with E-state index >= 15 is 0 Å². The number of halogens is 2. The maximum atomic E-state index is 13.1. The summed E-state index contributed by atoms with van der Waals surface area (Å²) >= 11 is 3.63. The molecule has 4 rings (SSSR count). The lowest BCUT2D eigenvalue weighted by Gasteiger charge is -2.21. The number of hydrogen-bond acceptors (Lipinski definition) is 3. The van der Waals surface area contributed by atoms with Gasteiger partial charge in [-0.05, 0) is 62.4 Å². The van der Waals surface area contributed by atoms with Gasteiger partial charge in [-0.25, -0.2) is 4.39 Å². The van der Waals surface area contributed by atoms with Crippen molar-refractivity contribution >= 4 is 15.9 Å². The molecule has 1 N–H and O–H groups in total. The van der Waals surface area contributed by atoms with Gasteiger partial charge in [0.25, 0.3) is 0 Å². The fourth-order valence-corrected chi connectivity index (χ4v) is 4.29. The summed E-state index contributed by atoms with van der Waals surface area (Å²) in [5.74, 6) is 0.992. The first-order valence-electron chi connectivity index (χ1n) is 10.7. The third-order valence-electron chi connectivity index (χ3n) is 5.36. The summed E-state index contributed by atoms with van der Waals surface area (Å²) < 4.78 is 25.5. The van der Waals surface area contributed by atoms with E-state index < -0.39 is 0 Å². The molecule has 0 aliphatic heterocycles. The van der Waals surface area contributed by atoms with E-state index in [2.05, 4.69) is 69.8 Å². The summed E-state index contributed by atoms with van der Waals surface area (Å²) in [6.45, 7) is 0.957.